The quantitative estimate of drug-likeness (QED) is 0.596. The van der Waals surface area contributed by atoms with Gasteiger partial charge in [-0.2, -0.15) is 0 Å². The van der Waals surface area contributed by atoms with Crippen molar-refractivity contribution in [3.8, 4) is 0 Å². The smallest absolute Gasteiger partial charge is 0.113 e. The molecule has 1 aromatic heterocycles. The Kier molecular flexibility index (Phi) is 4.09. The standard InChI is InChI=1S/C20H21ClN2/c21-17-10-6-7-15(13-17)14-23-19-12-5-4-11-18(19)22-20(23)16-8-2-1-3-9-16/h4-7,10-13,16H,1-3,8-9,14H2. The molecule has 2 aromatic carbocycles. The van der Waals surface area contributed by atoms with E-state index in [9.17, 15) is 0 Å². The lowest BCUT2D eigenvalue weighted by Gasteiger charge is -2.22. The summed E-state index contributed by atoms with van der Waals surface area (Å²) in [6.45, 7) is 0.840. The highest BCUT2D eigenvalue weighted by molar-refractivity contribution is 6.30. The first-order valence-electron chi connectivity index (χ1n) is 8.51. The number of aromatic nitrogens is 2. The number of para-hydroxylation sites is 2. The van der Waals surface area contributed by atoms with Gasteiger partial charge in [0.1, 0.15) is 5.82 Å². The Bertz CT molecular complexity index is 815. The Labute approximate surface area is 142 Å². The molecule has 1 aliphatic carbocycles. The van der Waals surface area contributed by atoms with Crippen molar-refractivity contribution >= 4 is 22.6 Å². The summed E-state index contributed by atoms with van der Waals surface area (Å²) in [7, 11) is 0. The Hall–Kier alpha value is -1.80. The molecule has 0 unspecified atom stereocenters. The molecule has 0 atom stereocenters. The van der Waals surface area contributed by atoms with E-state index in [-0.39, 0.29) is 0 Å². The van der Waals surface area contributed by atoms with Crippen LogP contribution in [0.15, 0.2) is 48.5 Å². The third-order valence-corrected chi connectivity index (χ3v) is 5.12. The molecule has 4 rings (SSSR count). The SMILES string of the molecule is Clc1cccc(Cn2c(C3CCCCC3)nc3ccccc32)c1. The Morgan fingerprint density at radius 2 is 1.83 bits per heavy atom. The summed E-state index contributed by atoms with van der Waals surface area (Å²) in [4.78, 5) is 4.98. The van der Waals surface area contributed by atoms with Crippen molar-refractivity contribution in [2.75, 3.05) is 0 Å². The molecule has 1 heterocycles. The van der Waals surface area contributed by atoms with Crippen LogP contribution >= 0.6 is 11.6 Å². The van der Waals surface area contributed by atoms with Crippen molar-refractivity contribution in [1.29, 1.82) is 0 Å². The molecule has 0 radical (unpaired) electrons. The van der Waals surface area contributed by atoms with Crippen LogP contribution in [0, 0.1) is 0 Å². The van der Waals surface area contributed by atoms with E-state index in [1.54, 1.807) is 0 Å². The highest BCUT2D eigenvalue weighted by Crippen LogP contribution is 2.34. The Morgan fingerprint density at radius 3 is 2.65 bits per heavy atom. The molecule has 1 aliphatic rings. The van der Waals surface area contributed by atoms with Gasteiger partial charge in [-0.15, -0.1) is 0 Å². The minimum atomic E-state index is 0.593. The number of hydrogen-bond donors (Lipinski definition) is 0. The molecule has 23 heavy (non-hydrogen) atoms. The summed E-state index contributed by atoms with van der Waals surface area (Å²) >= 11 is 6.17. The molecule has 0 saturated heterocycles. The average molecular weight is 325 g/mol. The molecule has 0 amide bonds. The van der Waals surface area contributed by atoms with Crippen molar-refractivity contribution in [2.45, 2.75) is 44.6 Å². The molecule has 2 nitrogen and oxygen atoms in total. The number of benzene rings is 2. The number of rotatable bonds is 3. The summed E-state index contributed by atoms with van der Waals surface area (Å²) in [6.07, 6.45) is 6.54. The predicted octanol–water partition coefficient (Wildman–Crippen LogP) is 5.79. The molecule has 3 heteroatoms. The number of halogens is 1. The lowest BCUT2D eigenvalue weighted by Crippen LogP contribution is -2.13. The molecule has 0 aliphatic heterocycles. The van der Waals surface area contributed by atoms with Crippen molar-refractivity contribution in [1.82, 2.24) is 9.55 Å². The fraction of sp³-hybridized carbons (Fsp3) is 0.350. The second-order valence-corrected chi connectivity index (χ2v) is 6.95. The normalized spacial score (nSPS) is 16.0. The first-order chi connectivity index (χ1) is 11.3. The molecule has 1 fully saturated rings. The van der Waals surface area contributed by atoms with Gasteiger partial charge in [0, 0.05) is 17.5 Å². The van der Waals surface area contributed by atoms with Crippen LogP contribution in [0.3, 0.4) is 0 Å². The summed E-state index contributed by atoms with van der Waals surface area (Å²) in [6, 6.07) is 16.6. The second kappa shape index (κ2) is 6.37. The predicted molar refractivity (Wildman–Crippen MR) is 96.1 cm³/mol. The van der Waals surface area contributed by atoms with Crippen LogP contribution < -0.4 is 0 Å². The number of fused-ring (bicyclic) bond motifs is 1. The van der Waals surface area contributed by atoms with Crippen molar-refractivity contribution in [2.24, 2.45) is 0 Å². The third kappa shape index (κ3) is 3.00. The van der Waals surface area contributed by atoms with Crippen LogP contribution in [-0.4, -0.2) is 9.55 Å². The lowest BCUT2D eigenvalue weighted by atomic mass is 9.88. The molecule has 3 aromatic rings. The number of nitrogens with zero attached hydrogens (tertiary/aromatic N) is 2. The van der Waals surface area contributed by atoms with Gasteiger partial charge in [-0.05, 0) is 42.7 Å². The highest BCUT2D eigenvalue weighted by atomic mass is 35.5. The topological polar surface area (TPSA) is 17.8 Å². The van der Waals surface area contributed by atoms with Gasteiger partial charge in [0.25, 0.3) is 0 Å². The van der Waals surface area contributed by atoms with Crippen molar-refractivity contribution in [3.05, 3.63) is 64.9 Å². The summed E-state index contributed by atoms with van der Waals surface area (Å²) in [5, 5.41) is 0.797. The van der Waals surface area contributed by atoms with Gasteiger partial charge in [0.2, 0.25) is 0 Å². The first kappa shape index (κ1) is 14.8. The zero-order chi connectivity index (χ0) is 15.6. The van der Waals surface area contributed by atoms with Crippen LogP contribution in [0.2, 0.25) is 5.02 Å². The van der Waals surface area contributed by atoms with E-state index in [2.05, 4.69) is 41.0 Å². The number of imidazole rings is 1. The largest absolute Gasteiger partial charge is 0.323 e. The molecule has 1 saturated carbocycles. The molecule has 0 bridgehead atoms. The van der Waals surface area contributed by atoms with Crippen LogP contribution in [0.4, 0.5) is 0 Å². The minimum absolute atomic E-state index is 0.593. The van der Waals surface area contributed by atoms with Crippen LogP contribution in [0.25, 0.3) is 11.0 Å². The lowest BCUT2D eigenvalue weighted by molar-refractivity contribution is 0.420. The van der Waals surface area contributed by atoms with Crippen molar-refractivity contribution < 1.29 is 0 Å². The zero-order valence-electron chi connectivity index (χ0n) is 13.2. The van der Waals surface area contributed by atoms with Gasteiger partial charge in [-0.25, -0.2) is 4.98 Å². The van der Waals surface area contributed by atoms with Gasteiger partial charge in [-0.3, -0.25) is 0 Å². The van der Waals surface area contributed by atoms with E-state index in [1.165, 1.54) is 49.0 Å². The fourth-order valence-electron chi connectivity index (χ4n) is 3.75. The van der Waals surface area contributed by atoms with Gasteiger partial charge in [0.05, 0.1) is 11.0 Å². The summed E-state index contributed by atoms with van der Waals surface area (Å²) in [5.74, 6) is 1.85. The van der Waals surface area contributed by atoms with Crippen LogP contribution in [-0.2, 0) is 6.54 Å². The average Bonchev–Trinajstić information content (AvgIpc) is 2.95. The zero-order valence-corrected chi connectivity index (χ0v) is 14.0. The molecule has 0 N–H and O–H groups in total. The van der Waals surface area contributed by atoms with E-state index in [4.69, 9.17) is 16.6 Å². The Morgan fingerprint density at radius 1 is 1.00 bits per heavy atom. The van der Waals surface area contributed by atoms with Crippen molar-refractivity contribution in [3.63, 3.8) is 0 Å². The highest BCUT2D eigenvalue weighted by Gasteiger charge is 2.22. The second-order valence-electron chi connectivity index (χ2n) is 6.51. The summed E-state index contributed by atoms with van der Waals surface area (Å²) < 4.78 is 2.40. The molecule has 0 spiro atoms. The van der Waals surface area contributed by atoms with E-state index < -0.39 is 0 Å². The maximum absolute atomic E-state index is 6.17. The monoisotopic (exact) mass is 324 g/mol. The third-order valence-electron chi connectivity index (χ3n) is 4.88. The Balaban J connectivity index is 1.79. The molecule has 118 valence electrons. The maximum Gasteiger partial charge on any atom is 0.113 e. The summed E-state index contributed by atoms with van der Waals surface area (Å²) in [5.41, 5.74) is 3.57. The van der Waals surface area contributed by atoms with Crippen LogP contribution in [0.5, 0.6) is 0 Å². The minimum Gasteiger partial charge on any atom is -0.323 e. The fourth-order valence-corrected chi connectivity index (χ4v) is 3.96. The van der Waals surface area contributed by atoms with Gasteiger partial charge in [0.15, 0.2) is 0 Å². The first-order valence-corrected chi connectivity index (χ1v) is 8.89. The van der Waals surface area contributed by atoms with E-state index >= 15 is 0 Å². The number of hydrogen-bond acceptors (Lipinski definition) is 1. The van der Waals surface area contributed by atoms with E-state index in [0.29, 0.717) is 5.92 Å². The molecular weight excluding hydrogens is 304 g/mol. The van der Waals surface area contributed by atoms with E-state index in [0.717, 1.165) is 17.1 Å². The van der Waals surface area contributed by atoms with E-state index in [1.807, 2.05) is 12.1 Å². The van der Waals surface area contributed by atoms with Crippen LogP contribution in [0.1, 0.15) is 49.4 Å². The van der Waals surface area contributed by atoms with Gasteiger partial charge < -0.3 is 4.57 Å². The molecular formula is C20H21ClN2. The van der Waals surface area contributed by atoms with Gasteiger partial charge >= 0.3 is 0 Å². The maximum atomic E-state index is 6.17. The van der Waals surface area contributed by atoms with Gasteiger partial charge in [-0.1, -0.05) is 55.1 Å².